The smallest absolute Gasteiger partial charge is 0.0356 e. The molecule has 1 aliphatic carbocycles. The zero-order valence-corrected chi connectivity index (χ0v) is 11.8. The van der Waals surface area contributed by atoms with Crippen LogP contribution in [0.4, 0.5) is 0 Å². The van der Waals surface area contributed by atoms with Crippen molar-refractivity contribution in [2.24, 2.45) is 17.6 Å². The topological polar surface area (TPSA) is 29.3 Å². The van der Waals surface area contributed by atoms with E-state index in [0.29, 0.717) is 12.0 Å². The van der Waals surface area contributed by atoms with Crippen molar-refractivity contribution in [3.63, 3.8) is 0 Å². The van der Waals surface area contributed by atoms with E-state index < -0.39 is 0 Å². The van der Waals surface area contributed by atoms with E-state index in [9.17, 15) is 0 Å². The summed E-state index contributed by atoms with van der Waals surface area (Å²) in [6, 6.07) is 0.324. The average molecular weight is 226 g/mol. The standard InChI is InChI=1S/C14H30N2/c1-11(2)9-13(15)14(16(4)5)8-6-7-12(3)10-14/h11-13H,6-10,15H2,1-5H3. The second kappa shape index (κ2) is 5.50. The molecule has 16 heavy (non-hydrogen) atoms. The fourth-order valence-electron chi connectivity index (χ4n) is 3.37. The van der Waals surface area contributed by atoms with E-state index in [1.54, 1.807) is 0 Å². The molecule has 1 rings (SSSR count). The summed E-state index contributed by atoms with van der Waals surface area (Å²) in [4.78, 5) is 2.40. The number of rotatable bonds is 4. The van der Waals surface area contributed by atoms with Crippen molar-refractivity contribution < 1.29 is 0 Å². The van der Waals surface area contributed by atoms with Crippen LogP contribution in [0.25, 0.3) is 0 Å². The van der Waals surface area contributed by atoms with Crippen molar-refractivity contribution in [2.75, 3.05) is 14.1 Å². The first kappa shape index (κ1) is 14.0. The van der Waals surface area contributed by atoms with E-state index in [1.165, 1.54) is 25.7 Å². The van der Waals surface area contributed by atoms with Gasteiger partial charge < -0.3 is 10.6 Å². The van der Waals surface area contributed by atoms with Crippen LogP contribution in [-0.4, -0.2) is 30.6 Å². The second-order valence-corrected chi connectivity index (χ2v) is 6.44. The summed E-state index contributed by atoms with van der Waals surface area (Å²) in [5, 5.41) is 0. The van der Waals surface area contributed by atoms with E-state index in [0.717, 1.165) is 12.3 Å². The lowest BCUT2D eigenvalue weighted by Crippen LogP contribution is -2.59. The summed E-state index contributed by atoms with van der Waals surface area (Å²) in [7, 11) is 4.41. The lowest BCUT2D eigenvalue weighted by molar-refractivity contribution is 0.0438. The molecule has 0 saturated heterocycles. The van der Waals surface area contributed by atoms with E-state index >= 15 is 0 Å². The van der Waals surface area contributed by atoms with Gasteiger partial charge in [-0.3, -0.25) is 0 Å². The number of hydrogen-bond donors (Lipinski definition) is 1. The molecule has 2 nitrogen and oxygen atoms in total. The van der Waals surface area contributed by atoms with Crippen molar-refractivity contribution >= 4 is 0 Å². The molecule has 1 fully saturated rings. The minimum Gasteiger partial charge on any atom is -0.326 e. The first-order valence-electron chi connectivity index (χ1n) is 6.81. The molecule has 0 spiro atoms. The molecule has 0 aromatic heterocycles. The monoisotopic (exact) mass is 226 g/mol. The summed E-state index contributed by atoms with van der Waals surface area (Å²) >= 11 is 0. The molecular weight excluding hydrogens is 196 g/mol. The van der Waals surface area contributed by atoms with Gasteiger partial charge in [0, 0.05) is 11.6 Å². The van der Waals surface area contributed by atoms with E-state index in [2.05, 4.69) is 39.8 Å². The highest BCUT2D eigenvalue weighted by Gasteiger charge is 2.41. The minimum atomic E-state index is 0.252. The molecular formula is C14H30N2. The van der Waals surface area contributed by atoms with Gasteiger partial charge >= 0.3 is 0 Å². The zero-order chi connectivity index (χ0) is 12.3. The van der Waals surface area contributed by atoms with Crippen molar-refractivity contribution in [3.8, 4) is 0 Å². The molecule has 1 aliphatic rings. The molecule has 0 aromatic rings. The van der Waals surface area contributed by atoms with Gasteiger partial charge in [0.1, 0.15) is 0 Å². The van der Waals surface area contributed by atoms with Gasteiger partial charge in [-0.2, -0.15) is 0 Å². The Bertz CT molecular complexity index is 213. The third-order valence-corrected chi connectivity index (χ3v) is 4.31. The molecule has 3 atom stereocenters. The minimum absolute atomic E-state index is 0.252. The Morgan fingerprint density at radius 3 is 2.44 bits per heavy atom. The van der Waals surface area contributed by atoms with E-state index in [1.807, 2.05) is 0 Å². The molecule has 0 radical (unpaired) electrons. The maximum absolute atomic E-state index is 6.51. The van der Waals surface area contributed by atoms with Gasteiger partial charge in [0.2, 0.25) is 0 Å². The van der Waals surface area contributed by atoms with Gasteiger partial charge in [-0.15, -0.1) is 0 Å². The highest BCUT2D eigenvalue weighted by Crippen LogP contribution is 2.38. The zero-order valence-electron chi connectivity index (χ0n) is 11.8. The van der Waals surface area contributed by atoms with Gasteiger partial charge in [-0.25, -0.2) is 0 Å². The highest BCUT2D eigenvalue weighted by molar-refractivity contribution is 5.00. The van der Waals surface area contributed by atoms with Crippen LogP contribution >= 0.6 is 0 Å². The summed E-state index contributed by atoms with van der Waals surface area (Å²) in [6.07, 6.45) is 6.41. The van der Waals surface area contributed by atoms with Crippen LogP contribution in [0.3, 0.4) is 0 Å². The highest BCUT2D eigenvalue weighted by atomic mass is 15.2. The van der Waals surface area contributed by atoms with Crippen LogP contribution in [0.15, 0.2) is 0 Å². The molecule has 1 saturated carbocycles. The molecule has 2 N–H and O–H groups in total. The predicted molar refractivity (Wildman–Crippen MR) is 71.5 cm³/mol. The number of hydrogen-bond acceptors (Lipinski definition) is 2. The Balaban J connectivity index is 2.78. The Morgan fingerprint density at radius 1 is 1.38 bits per heavy atom. The fourth-order valence-corrected chi connectivity index (χ4v) is 3.37. The van der Waals surface area contributed by atoms with Crippen molar-refractivity contribution in [2.45, 2.75) is 64.5 Å². The molecule has 0 amide bonds. The molecule has 0 heterocycles. The molecule has 3 unspecified atom stereocenters. The third kappa shape index (κ3) is 2.98. The van der Waals surface area contributed by atoms with Gasteiger partial charge in [0.15, 0.2) is 0 Å². The van der Waals surface area contributed by atoms with Gasteiger partial charge in [0.25, 0.3) is 0 Å². The Morgan fingerprint density at radius 2 is 2.00 bits per heavy atom. The third-order valence-electron chi connectivity index (χ3n) is 4.31. The fraction of sp³-hybridized carbons (Fsp3) is 1.00. The molecule has 0 aromatic carbocycles. The molecule has 0 bridgehead atoms. The number of likely N-dealkylation sites (N-methyl/N-ethyl adjacent to an activating group) is 1. The Labute approximate surface area is 102 Å². The van der Waals surface area contributed by atoms with Crippen LogP contribution in [0, 0.1) is 11.8 Å². The van der Waals surface area contributed by atoms with Crippen LogP contribution in [-0.2, 0) is 0 Å². The van der Waals surface area contributed by atoms with Crippen LogP contribution in [0.2, 0.25) is 0 Å². The molecule has 96 valence electrons. The largest absolute Gasteiger partial charge is 0.326 e. The second-order valence-electron chi connectivity index (χ2n) is 6.44. The van der Waals surface area contributed by atoms with Crippen LogP contribution in [0.5, 0.6) is 0 Å². The lowest BCUT2D eigenvalue weighted by atomic mass is 9.70. The first-order valence-corrected chi connectivity index (χ1v) is 6.81. The number of nitrogens with two attached hydrogens (primary N) is 1. The summed E-state index contributed by atoms with van der Waals surface area (Å²) in [6.45, 7) is 6.92. The van der Waals surface area contributed by atoms with E-state index in [4.69, 9.17) is 5.73 Å². The van der Waals surface area contributed by atoms with Crippen molar-refractivity contribution in [3.05, 3.63) is 0 Å². The lowest BCUT2D eigenvalue weighted by Gasteiger charge is -2.49. The summed E-state index contributed by atoms with van der Waals surface area (Å²) in [5.41, 5.74) is 6.76. The maximum Gasteiger partial charge on any atom is 0.0356 e. The van der Waals surface area contributed by atoms with Gasteiger partial charge in [-0.1, -0.05) is 33.6 Å². The average Bonchev–Trinajstić information content (AvgIpc) is 2.16. The molecule has 0 aliphatic heterocycles. The van der Waals surface area contributed by atoms with Crippen molar-refractivity contribution in [1.29, 1.82) is 0 Å². The Kier molecular flexibility index (Phi) is 4.81. The summed E-state index contributed by atoms with van der Waals surface area (Å²) < 4.78 is 0. The summed E-state index contributed by atoms with van der Waals surface area (Å²) in [5.74, 6) is 1.53. The number of nitrogens with zero attached hydrogens (tertiary/aromatic N) is 1. The first-order chi connectivity index (χ1) is 7.38. The van der Waals surface area contributed by atoms with Crippen molar-refractivity contribution in [1.82, 2.24) is 4.90 Å². The van der Waals surface area contributed by atoms with Crippen LogP contribution in [0.1, 0.15) is 52.9 Å². The van der Waals surface area contributed by atoms with Gasteiger partial charge in [0.05, 0.1) is 0 Å². The SMILES string of the molecule is CC(C)CC(N)C1(N(C)C)CCCC(C)C1. The normalized spacial score (nSPS) is 33.4. The predicted octanol–water partition coefficient (Wildman–Crippen LogP) is 2.87. The van der Waals surface area contributed by atoms with Crippen LogP contribution < -0.4 is 5.73 Å². The van der Waals surface area contributed by atoms with Gasteiger partial charge in [-0.05, 0) is 45.2 Å². The van der Waals surface area contributed by atoms with E-state index in [-0.39, 0.29) is 5.54 Å². The Hall–Kier alpha value is -0.0800. The quantitative estimate of drug-likeness (QED) is 0.798. The molecule has 2 heteroatoms. The maximum atomic E-state index is 6.51.